The van der Waals surface area contributed by atoms with Crippen LogP contribution < -0.4 is 0 Å². The number of hydrogen-bond acceptors (Lipinski definition) is 0. The van der Waals surface area contributed by atoms with E-state index in [1.165, 1.54) is 83.5 Å². The van der Waals surface area contributed by atoms with Crippen LogP contribution in [0.5, 0.6) is 0 Å². The van der Waals surface area contributed by atoms with Crippen molar-refractivity contribution in [2.75, 3.05) is 0 Å². The van der Waals surface area contributed by atoms with Gasteiger partial charge in [0.15, 0.2) is 0 Å². The van der Waals surface area contributed by atoms with Gasteiger partial charge in [0.2, 0.25) is 0 Å². The summed E-state index contributed by atoms with van der Waals surface area (Å²) in [6.07, 6.45) is 18.5. The van der Waals surface area contributed by atoms with E-state index in [1.807, 2.05) is 0 Å². The van der Waals surface area contributed by atoms with E-state index in [4.69, 9.17) is 0 Å². The summed E-state index contributed by atoms with van der Waals surface area (Å²) in [6.45, 7) is 11.9. The smallest absolute Gasteiger partial charge is 0.0323 e. The minimum atomic E-state index is 0.623. The predicted molar refractivity (Wildman–Crippen MR) is 94.3 cm³/mol. The minimum Gasteiger partial charge on any atom is -0.0654 e. The van der Waals surface area contributed by atoms with Gasteiger partial charge < -0.3 is 0 Å². The first-order valence-corrected chi connectivity index (χ1v) is 9.61. The van der Waals surface area contributed by atoms with Gasteiger partial charge >= 0.3 is 0 Å². The molecule has 0 heteroatoms. The third kappa shape index (κ3) is 9.83. The van der Waals surface area contributed by atoms with E-state index in [0.29, 0.717) is 5.41 Å². The van der Waals surface area contributed by atoms with Crippen LogP contribution in [0.1, 0.15) is 118 Å². The highest BCUT2D eigenvalue weighted by Gasteiger charge is 2.26. The van der Waals surface area contributed by atoms with E-state index in [2.05, 4.69) is 34.6 Å². The van der Waals surface area contributed by atoms with Crippen molar-refractivity contribution in [2.45, 2.75) is 118 Å². The van der Waals surface area contributed by atoms with Gasteiger partial charge in [0.05, 0.1) is 0 Å². The maximum atomic E-state index is 2.59. The molecule has 0 aromatic rings. The molecule has 0 aliphatic heterocycles. The van der Waals surface area contributed by atoms with Crippen molar-refractivity contribution < 1.29 is 0 Å². The highest BCUT2D eigenvalue weighted by atomic mass is 14.3. The fraction of sp³-hybridized carbons (Fsp3) is 1.00. The van der Waals surface area contributed by atoms with E-state index in [-0.39, 0.29) is 0 Å². The fourth-order valence-corrected chi connectivity index (χ4v) is 3.57. The molecule has 0 heterocycles. The monoisotopic (exact) mass is 282 g/mol. The Balaban J connectivity index is 4.48. The molecule has 20 heavy (non-hydrogen) atoms. The topological polar surface area (TPSA) is 0 Å². The molecule has 0 aromatic carbocycles. The van der Waals surface area contributed by atoms with Crippen molar-refractivity contribution in [2.24, 2.45) is 11.3 Å². The third-order valence-corrected chi connectivity index (χ3v) is 4.98. The van der Waals surface area contributed by atoms with E-state index in [1.54, 1.807) is 0 Å². The van der Waals surface area contributed by atoms with Crippen LogP contribution >= 0.6 is 0 Å². The van der Waals surface area contributed by atoms with Crippen molar-refractivity contribution >= 4 is 0 Å². The van der Waals surface area contributed by atoms with Gasteiger partial charge in [-0.1, -0.05) is 98.8 Å². The number of unbranched alkanes of at least 4 members (excludes halogenated alkanes) is 4. The molecule has 0 fully saturated rings. The van der Waals surface area contributed by atoms with Crippen molar-refractivity contribution in [3.05, 3.63) is 0 Å². The molecule has 0 aliphatic rings. The first-order valence-electron chi connectivity index (χ1n) is 9.61. The first-order chi connectivity index (χ1) is 9.61. The second-order valence-corrected chi connectivity index (χ2v) is 7.37. The molecule has 0 N–H and O–H groups in total. The maximum absolute atomic E-state index is 2.59. The van der Waals surface area contributed by atoms with Crippen LogP contribution in [0.4, 0.5) is 0 Å². The second kappa shape index (κ2) is 12.7. The molecule has 0 unspecified atom stereocenters. The molecule has 0 saturated heterocycles. The van der Waals surface area contributed by atoms with Gasteiger partial charge in [-0.3, -0.25) is 0 Å². The quantitative estimate of drug-likeness (QED) is 0.305. The van der Waals surface area contributed by atoms with Gasteiger partial charge in [0.1, 0.15) is 0 Å². The van der Waals surface area contributed by atoms with E-state index in [0.717, 1.165) is 5.92 Å². The van der Waals surface area contributed by atoms with Crippen LogP contribution in [-0.2, 0) is 0 Å². The largest absolute Gasteiger partial charge is 0.0654 e. The van der Waals surface area contributed by atoms with Crippen molar-refractivity contribution in [3.8, 4) is 0 Å². The van der Waals surface area contributed by atoms with Crippen molar-refractivity contribution in [1.29, 1.82) is 0 Å². The Morgan fingerprint density at radius 3 is 1.40 bits per heavy atom. The fourth-order valence-electron chi connectivity index (χ4n) is 3.57. The second-order valence-electron chi connectivity index (χ2n) is 7.37. The SMILES string of the molecule is CCCCC(CCCC)CC(C)(CCCC)CCCC. The molecule has 0 aliphatic carbocycles. The lowest BCUT2D eigenvalue weighted by atomic mass is 9.72. The normalized spacial score (nSPS) is 12.3. The van der Waals surface area contributed by atoms with Gasteiger partial charge in [-0.05, 0) is 30.6 Å². The molecule has 0 amide bonds. The summed E-state index contributed by atoms with van der Waals surface area (Å²) in [5.41, 5.74) is 0.623. The zero-order chi connectivity index (χ0) is 15.3. The number of hydrogen-bond donors (Lipinski definition) is 0. The molecule has 0 spiro atoms. The van der Waals surface area contributed by atoms with Gasteiger partial charge in [0.25, 0.3) is 0 Å². The summed E-state index contributed by atoms with van der Waals surface area (Å²) < 4.78 is 0. The molecule has 122 valence electrons. The molecule has 0 nitrogen and oxygen atoms in total. The Kier molecular flexibility index (Phi) is 12.7. The summed E-state index contributed by atoms with van der Waals surface area (Å²) >= 11 is 0. The summed E-state index contributed by atoms with van der Waals surface area (Å²) in [4.78, 5) is 0. The predicted octanol–water partition coefficient (Wildman–Crippen LogP) is 7.76. The lowest BCUT2D eigenvalue weighted by molar-refractivity contribution is 0.179. The third-order valence-electron chi connectivity index (χ3n) is 4.98. The molecule has 0 radical (unpaired) electrons. The average Bonchev–Trinajstić information content (AvgIpc) is 2.46. The summed E-state index contributed by atoms with van der Waals surface area (Å²) in [5, 5.41) is 0. The highest BCUT2D eigenvalue weighted by molar-refractivity contribution is 4.78. The van der Waals surface area contributed by atoms with Gasteiger partial charge in [-0.15, -0.1) is 0 Å². The Hall–Kier alpha value is 0. The molecule has 0 rings (SSSR count). The van der Waals surface area contributed by atoms with Crippen LogP contribution in [0.25, 0.3) is 0 Å². The Labute approximate surface area is 130 Å². The molecular formula is C20H42. The maximum Gasteiger partial charge on any atom is -0.0323 e. The Bertz CT molecular complexity index is 178. The Morgan fingerprint density at radius 1 is 0.650 bits per heavy atom. The van der Waals surface area contributed by atoms with Crippen molar-refractivity contribution in [1.82, 2.24) is 0 Å². The zero-order valence-electron chi connectivity index (χ0n) is 15.3. The average molecular weight is 283 g/mol. The molecule has 0 bridgehead atoms. The zero-order valence-corrected chi connectivity index (χ0v) is 15.3. The van der Waals surface area contributed by atoms with E-state index < -0.39 is 0 Å². The summed E-state index contributed by atoms with van der Waals surface area (Å²) in [5.74, 6) is 0.994. The standard InChI is InChI=1S/C20H42/c1-6-10-14-19(15-11-7-2)18-20(5,16-12-8-3)17-13-9-4/h19H,6-18H2,1-5H3. The molecule has 0 saturated carbocycles. The van der Waals surface area contributed by atoms with Crippen molar-refractivity contribution in [3.63, 3.8) is 0 Å². The van der Waals surface area contributed by atoms with E-state index in [9.17, 15) is 0 Å². The molecule has 0 aromatic heterocycles. The molecular weight excluding hydrogens is 240 g/mol. The van der Waals surface area contributed by atoms with Crippen LogP contribution in [0.15, 0.2) is 0 Å². The van der Waals surface area contributed by atoms with Gasteiger partial charge in [-0.2, -0.15) is 0 Å². The van der Waals surface area contributed by atoms with Crippen LogP contribution in [0, 0.1) is 11.3 Å². The summed E-state index contributed by atoms with van der Waals surface area (Å²) in [7, 11) is 0. The highest BCUT2D eigenvalue weighted by Crippen LogP contribution is 2.39. The van der Waals surface area contributed by atoms with Crippen LogP contribution in [0.3, 0.4) is 0 Å². The summed E-state index contributed by atoms with van der Waals surface area (Å²) in [6, 6.07) is 0. The van der Waals surface area contributed by atoms with Gasteiger partial charge in [-0.25, -0.2) is 0 Å². The number of rotatable bonds is 14. The lowest BCUT2D eigenvalue weighted by Gasteiger charge is -2.34. The minimum absolute atomic E-state index is 0.623. The molecule has 0 atom stereocenters. The van der Waals surface area contributed by atoms with Gasteiger partial charge in [0, 0.05) is 0 Å². The first kappa shape index (κ1) is 20.0. The van der Waals surface area contributed by atoms with E-state index >= 15 is 0 Å². The van der Waals surface area contributed by atoms with Crippen LogP contribution in [0.2, 0.25) is 0 Å². The lowest BCUT2D eigenvalue weighted by Crippen LogP contribution is -2.21. The van der Waals surface area contributed by atoms with Crippen LogP contribution in [-0.4, -0.2) is 0 Å². The Morgan fingerprint density at radius 2 is 1.05 bits per heavy atom.